The predicted octanol–water partition coefficient (Wildman–Crippen LogP) is -0.151. The Morgan fingerprint density at radius 3 is 2.82 bits per heavy atom. The highest BCUT2D eigenvalue weighted by Crippen LogP contribution is 2.23. The van der Waals surface area contributed by atoms with Gasteiger partial charge in [-0.3, -0.25) is 9.59 Å². The molecule has 2 rings (SSSR count). The van der Waals surface area contributed by atoms with Gasteiger partial charge in [-0.1, -0.05) is 13.8 Å². The molecule has 0 aromatic heterocycles. The molecule has 2 aliphatic heterocycles. The van der Waals surface area contributed by atoms with Gasteiger partial charge < -0.3 is 16.0 Å². The fourth-order valence-electron chi connectivity index (χ4n) is 2.67. The van der Waals surface area contributed by atoms with Gasteiger partial charge in [0.1, 0.15) is 12.1 Å². The van der Waals surface area contributed by atoms with Crippen molar-refractivity contribution in [2.24, 2.45) is 11.7 Å². The highest BCUT2D eigenvalue weighted by molar-refractivity contribution is 5.97. The van der Waals surface area contributed by atoms with Crippen LogP contribution in [0.1, 0.15) is 33.1 Å². The smallest absolute Gasteiger partial charge is 0.245 e. The van der Waals surface area contributed by atoms with E-state index in [1.54, 1.807) is 4.90 Å². The molecule has 0 aliphatic carbocycles. The number of carbonyl (C=O) groups excluding carboxylic acids is 2. The Morgan fingerprint density at radius 1 is 1.47 bits per heavy atom. The first-order chi connectivity index (χ1) is 7.99. The molecular weight excluding hydrogens is 218 g/mol. The molecule has 96 valence electrons. The largest absolute Gasteiger partial charge is 0.342 e. The van der Waals surface area contributed by atoms with E-state index in [-0.39, 0.29) is 29.9 Å². The van der Waals surface area contributed by atoms with E-state index < -0.39 is 0 Å². The summed E-state index contributed by atoms with van der Waals surface area (Å²) in [5, 5.41) is 2.83. The van der Waals surface area contributed by atoms with Gasteiger partial charge in [-0.2, -0.15) is 0 Å². The summed E-state index contributed by atoms with van der Waals surface area (Å²) in [6, 6.07) is -0.640. The Hall–Kier alpha value is -1.10. The molecule has 3 unspecified atom stereocenters. The number of piperidine rings is 1. The molecule has 0 spiro atoms. The lowest BCUT2D eigenvalue weighted by atomic mass is 9.91. The van der Waals surface area contributed by atoms with Crippen LogP contribution in [0.25, 0.3) is 0 Å². The molecule has 2 saturated heterocycles. The summed E-state index contributed by atoms with van der Waals surface area (Å²) in [7, 11) is 0. The fraction of sp³-hybridized carbons (Fsp3) is 0.833. The SMILES string of the molecule is CC(C)CC1NC(=O)C2CC(N)CCN2C1=O. The first kappa shape index (κ1) is 12.4. The van der Waals surface area contributed by atoms with Crippen LogP contribution in [0.5, 0.6) is 0 Å². The van der Waals surface area contributed by atoms with Gasteiger partial charge in [0.2, 0.25) is 11.8 Å². The van der Waals surface area contributed by atoms with Crippen molar-refractivity contribution in [3.63, 3.8) is 0 Å². The number of nitrogens with two attached hydrogens (primary N) is 1. The summed E-state index contributed by atoms with van der Waals surface area (Å²) in [5.41, 5.74) is 5.85. The molecule has 0 saturated carbocycles. The molecule has 3 atom stereocenters. The normalized spacial score (nSPS) is 33.6. The number of nitrogens with zero attached hydrogens (tertiary/aromatic N) is 1. The zero-order chi connectivity index (χ0) is 12.6. The lowest BCUT2D eigenvalue weighted by Gasteiger charge is -2.43. The van der Waals surface area contributed by atoms with Crippen LogP contribution in [0.3, 0.4) is 0 Å². The van der Waals surface area contributed by atoms with Crippen LogP contribution in [-0.4, -0.2) is 41.4 Å². The molecule has 2 amide bonds. The van der Waals surface area contributed by atoms with E-state index in [4.69, 9.17) is 5.73 Å². The van der Waals surface area contributed by atoms with Gasteiger partial charge >= 0.3 is 0 Å². The van der Waals surface area contributed by atoms with Crippen LogP contribution in [0.2, 0.25) is 0 Å². The second-order valence-corrected chi connectivity index (χ2v) is 5.52. The van der Waals surface area contributed by atoms with Crippen molar-refractivity contribution in [2.45, 2.75) is 51.2 Å². The number of nitrogens with one attached hydrogen (secondary N) is 1. The molecule has 3 N–H and O–H groups in total. The number of rotatable bonds is 2. The van der Waals surface area contributed by atoms with E-state index in [1.165, 1.54) is 0 Å². The third kappa shape index (κ3) is 2.44. The third-order valence-corrected chi connectivity index (χ3v) is 3.55. The zero-order valence-electron chi connectivity index (χ0n) is 10.5. The molecule has 2 fully saturated rings. The molecule has 0 aromatic rings. The molecule has 5 nitrogen and oxygen atoms in total. The number of hydrogen-bond donors (Lipinski definition) is 2. The summed E-state index contributed by atoms with van der Waals surface area (Å²) < 4.78 is 0. The molecule has 0 bridgehead atoms. The molecule has 0 aromatic carbocycles. The summed E-state index contributed by atoms with van der Waals surface area (Å²) in [5.74, 6) is 0.424. The number of piperazine rings is 1. The van der Waals surface area contributed by atoms with Gasteiger partial charge in [-0.05, 0) is 25.2 Å². The summed E-state index contributed by atoms with van der Waals surface area (Å²) in [4.78, 5) is 25.9. The summed E-state index contributed by atoms with van der Waals surface area (Å²) >= 11 is 0. The van der Waals surface area contributed by atoms with Gasteiger partial charge in [0.25, 0.3) is 0 Å². The van der Waals surface area contributed by atoms with Crippen molar-refractivity contribution in [3.8, 4) is 0 Å². The number of amides is 2. The standard InChI is InChI=1S/C12H21N3O2/c1-7(2)5-9-12(17)15-4-3-8(13)6-10(15)11(16)14-9/h7-10H,3-6,13H2,1-2H3,(H,14,16). The minimum Gasteiger partial charge on any atom is -0.342 e. The van der Waals surface area contributed by atoms with Crippen LogP contribution in [-0.2, 0) is 9.59 Å². The maximum absolute atomic E-state index is 12.2. The first-order valence-electron chi connectivity index (χ1n) is 6.35. The topological polar surface area (TPSA) is 75.4 Å². The average Bonchev–Trinajstić information content (AvgIpc) is 2.25. The van der Waals surface area contributed by atoms with Crippen molar-refractivity contribution in [1.82, 2.24) is 10.2 Å². The predicted molar refractivity (Wildman–Crippen MR) is 64.1 cm³/mol. The summed E-state index contributed by atoms with van der Waals surface area (Å²) in [6.07, 6.45) is 2.09. The van der Waals surface area contributed by atoms with Crippen molar-refractivity contribution < 1.29 is 9.59 Å². The van der Waals surface area contributed by atoms with E-state index in [9.17, 15) is 9.59 Å². The lowest BCUT2D eigenvalue weighted by molar-refractivity contribution is -0.151. The monoisotopic (exact) mass is 239 g/mol. The van der Waals surface area contributed by atoms with Gasteiger partial charge in [-0.15, -0.1) is 0 Å². The molecule has 0 radical (unpaired) electrons. The van der Waals surface area contributed by atoms with Gasteiger partial charge in [0.15, 0.2) is 0 Å². The number of carbonyl (C=O) groups is 2. The number of fused-ring (bicyclic) bond motifs is 1. The second kappa shape index (κ2) is 4.64. The molecule has 17 heavy (non-hydrogen) atoms. The first-order valence-corrected chi connectivity index (χ1v) is 6.35. The zero-order valence-corrected chi connectivity index (χ0v) is 10.5. The summed E-state index contributed by atoms with van der Waals surface area (Å²) in [6.45, 7) is 4.72. The van der Waals surface area contributed by atoms with Crippen LogP contribution >= 0.6 is 0 Å². The van der Waals surface area contributed by atoms with E-state index >= 15 is 0 Å². The van der Waals surface area contributed by atoms with E-state index in [0.717, 1.165) is 6.42 Å². The van der Waals surface area contributed by atoms with Gasteiger partial charge in [-0.25, -0.2) is 0 Å². The Balaban J connectivity index is 2.10. The Kier molecular flexibility index (Phi) is 3.38. The quantitative estimate of drug-likeness (QED) is 0.703. The fourth-order valence-corrected chi connectivity index (χ4v) is 2.67. The van der Waals surface area contributed by atoms with E-state index in [0.29, 0.717) is 25.3 Å². The molecular formula is C12H21N3O2. The van der Waals surface area contributed by atoms with Crippen LogP contribution in [0, 0.1) is 5.92 Å². The van der Waals surface area contributed by atoms with Crippen LogP contribution < -0.4 is 11.1 Å². The van der Waals surface area contributed by atoms with Crippen molar-refractivity contribution in [2.75, 3.05) is 6.54 Å². The minimum absolute atomic E-state index is 0.0367. The van der Waals surface area contributed by atoms with Crippen molar-refractivity contribution in [1.29, 1.82) is 0 Å². The molecule has 2 heterocycles. The van der Waals surface area contributed by atoms with E-state index in [2.05, 4.69) is 19.2 Å². The van der Waals surface area contributed by atoms with E-state index in [1.807, 2.05) is 0 Å². The second-order valence-electron chi connectivity index (χ2n) is 5.52. The van der Waals surface area contributed by atoms with Gasteiger partial charge in [0.05, 0.1) is 0 Å². The lowest BCUT2D eigenvalue weighted by Crippen LogP contribution is -2.66. The Morgan fingerprint density at radius 2 is 2.18 bits per heavy atom. The van der Waals surface area contributed by atoms with Crippen molar-refractivity contribution >= 4 is 11.8 Å². The average molecular weight is 239 g/mol. The Bertz CT molecular complexity index is 330. The van der Waals surface area contributed by atoms with Gasteiger partial charge in [0, 0.05) is 12.6 Å². The Labute approximate surface area is 102 Å². The molecule has 5 heteroatoms. The third-order valence-electron chi connectivity index (χ3n) is 3.55. The minimum atomic E-state index is -0.340. The van der Waals surface area contributed by atoms with Crippen molar-refractivity contribution in [3.05, 3.63) is 0 Å². The number of hydrogen-bond acceptors (Lipinski definition) is 3. The van der Waals surface area contributed by atoms with Crippen LogP contribution in [0.4, 0.5) is 0 Å². The highest BCUT2D eigenvalue weighted by atomic mass is 16.2. The maximum atomic E-state index is 12.2. The maximum Gasteiger partial charge on any atom is 0.245 e. The highest BCUT2D eigenvalue weighted by Gasteiger charge is 2.42. The molecule has 2 aliphatic rings. The van der Waals surface area contributed by atoms with Crippen LogP contribution in [0.15, 0.2) is 0 Å².